The molecular weight excluding hydrogens is 913 g/mol. The lowest BCUT2D eigenvalue weighted by Gasteiger charge is -2.67. The van der Waals surface area contributed by atoms with E-state index in [1.165, 1.54) is 32.2 Å². The number of aromatic nitrogens is 1. The standard InChI is InChI=1S/C55H54N2O14/c1-30-38(68-51(65)43(60)42(32-17-9-6-10-18-32)57-48(62)33-19-11-7-12-20-33)27-55(66)47(70-49(63)34-21-13-8-14-22-34)45-53(5,39(59)26-40-54(45,29-67-40)71-31(2)58)46(61)44(41(30)52(55,3)4)69-50(64)36-25-35-23-15-16-24-37(35)56-28-36/h6-25,28,38-40,42-45,47,59-60,66H,26-27,29H2,1-5H3,(H,57,62)/t38-,39-,40+,42-,43+,44+,45?,47?,53+,54-,55+/m0/s1. The molecule has 1 aliphatic heterocycles. The first kappa shape index (κ1) is 48.9. The van der Waals surface area contributed by atoms with Crippen molar-refractivity contribution in [1.29, 1.82) is 0 Å². The third-order valence-electron chi connectivity index (χ3n) is 15.2. The number of carbonyl (C=O) groups is 6. The quantitative estimate of drug-likeness (QED) is 0.0719. The minimum absolute atomic E-state index is 0.0410. The molecule has 4 N–H and O–H groups in total. The van der Waals surface area contributed by atoms with Crippen molar-refractivity contribution in [2.45, 2.75) is 101 Å². The largest absolute Gasteiger partial charge is 0.456 e. The molecule has 5 aromatic rings. The van der Waals surface area contributed by atoms with Gasteiger partial charge in [0.15, 0.2) is 23.6 Å². The highest BCUT2D eigenvalue weighted by Crippen LogP contribution is 2.64. The highest BCUT2D eigenvalue weighted by Gasteiger charge is 2.78. The van der Waals surface area contributed by atoms with Crippen LogP contribution < -0.4 is 5.32 Å². The van der Waals surface area contributed by atoms with E-state index < -0.39 is 113 Å². The van der Waals surface area contributed by atoms with Crippen LogP contribution in [0.1, 0.15) is 90.1 Å². The fourth-order valence-electron chi connectivity index (χ4n) is 11.4. The van der Waals surface area contributed by atoms with Gasteiger partial charge in [-0.25, -0.2) is 14.4 Å². The first-order valence-corrected chi connectivity index (χ1v) is 23.4. The summed E-state index contributed by atoms with van der Waals surface area (Å²) in [7, 11) is 0. The van der Waals surface area contributed by atoms with Gasteiger partial charge in [-0.3, -0.25) is 19.4 Å². The van der Waals surface area contributed by atoms with Crippen LogP contribution in [-0.4, -0.2) is 110 Å². The fourth-order valence-corrected chi connectivity index (χ4v) is 11.4. The number of aliphatic hydroxyl groups is 3. The number of aliphatic hydroxyl groups excluding tert-OH is 2. The number of ether oxygens (including phenoxy) is 5. The van der Waals surface area contributed by atoms with Gasteiger partial charge in [-0.05, 0) is 67.0 Å². The monoisotopic (exact) mass is 966 g/mol. The third-order valence-corrected chi connectivity index (χ3v) is 15.2. The summed E-state index contributed by atoms with van der Waals surface area (Å²) in [6.07, 6.45) is -9.70. The second kappa shape index (κ2) is 18.6. The molecule has 1 saturated heterocycles. The Hall–Kier alpha value is -7.11. The van der Waals surface area contributed by atoms with Crippen LogP contribution in [-0.2, 0) is 38.1 Å². The number of pyridine rings is 1. The van der Waals surface area contributed by atoms with Gasteiger partial charge in [0.2, 0.25) is 0 Å². The molecule has 16 nitrogen and oxygen atoms in total. The Bertz CT molecular complexity index is 2950. The van der Waals surface area contributed by atoms with Gasteiger partial charge < -0.3 is 44.3 Å². The molecule has 2 unspecified atom stereocenters. The number of esters is 4. The number of ketones is 1. The molecule has 0 spiro atoms. The van der Waals surface area contributed by atoms with E-state index in [9.17, 15) is 39.3 Å². The van der Waals surface area contributed by atoms with E-state index in [1.807, 2.05) is 0 Å². The van der Waals surface area contributed by atoms with Gasteiger partial charge in [-0.1, -0.05) is 98.8 Å². The maximum atomic E-state index is 16.1. The van der Waals surface area contributed by atoms with E-state index in [0.717, 1.165) is 6.92 Å². The zero-order chi connectivity index (χ0) is 50.6. The van der Waals surface area contributed by atoms with Crippen LogP contribution in [0.15, 0.2) is 139 Å². The number of nitrogens with one attached hydrogen (secondary N) is 1. The number of carbonyl (C=O) groups excluding carboxylic acids is 6. The van der Waals surface area contributed by atoms with Crippen LogP contribution in [0.2, 0.25) is 0 Å². The van der Waals surface area contributed by atoms with E-state index in [0.29, 0.717) is 16.5 Å². The number of rotatable bonds is 11. The van der Waals surface area contributed by atoms with Crippen molar-refractivity contribution < 1.29 is 67.8 Å². The topological polar surface area (TPSA) is 234 Å². The van der Waals surface area contributed by atoms with E-state index in [-0.39, 0.29) is 40.9 Å². The predicted octanol–water partition coefficient (Wildman–Crippen LogP) is 5.58. The molecule has 2 heterocycles. The summed E-state index contributed by atoms with van der Waals surface area (Å²) in [5.74, 6) is -7.14. The van der Waals surface area contributed by atoms with Crippen molar-refractivity contribution in [2.24, 2.45) is 16.7 Å². The van der Waals surface area contributed by atoms with Crippen LogP contribution in [0.3, 0.4) is 0 Å². The second-order valence-electron chi connectivity index (χ2n) is 19.6. The molecule has 4 aliphatic rings. The molecule has 0 radical (unpaired) electrons. The average molecular weight is 967 g/mol. The number of hydrogen-bond donors (Lipinski definition) is 4. The van der Waals surface area contributed by atoms with Crippen molar-refractivity contribution in [3.8, 4) is 0 Å². The number of benzene rings is 4. The zero-order valence-corrected chi connectivity index (χ0v) is 39.6. The maximum Gasteiger partial charge on any atom is 0.340 e. The Balaban J connectivity index is 1.21. The molecule has 71 heavy (non-hydrogen) atoms. The second-order valence-corrected chi connectivity index (χ2v) is 19.6. The van der Waals surface area contributed by atoms with Crippen molar-refractivity contribution in [3.63, 3.8) is 0 Å². The molecule has 9 rings (SSSR count). The molecule has 2 saturated carbocycles. The van der Waals surface area contributed by atoms with Crippen LogP contribution in [0.5, 0.6) is 0 Å². The first-order valence-electron chi connectivity index (χ1n) is 23.4. The summed E-state index contributed by atoms with van der Waals surface area (Å²) < 4.78 is 31.2. The van der Waals surface area contributed by atoms with Gasteiger partial charge in [-0.2, -0.15) is 0 Å². The maximum absolute atomic E-state index is 16.1. The van der Waals surface area contributed by atoms with Gasteiger partial charge >= 0.3 is 23.9 Å². The number of amides is 1. The van der Waals surface area contributed by atoms with Crippen molar-refractivity contribution in [2.75, 3.05) is 6.61 Å². The summed E-state index contributed by atoms with van der Waals surface area (Å²) in [6.45, 7) is 6.86. The van der Waals surface area contributed by atoms with Crippen LogP contribution in [0.4, 0.5) is 0 Å². The van der Waals surface area contributed by atoms with E-state index in [2.05, 4.69) is 10.3 Å². The van der Waals surface area contributed by atoms with Gasteiger partial charge in [0.05, 0.1) is 46.7 Å². The molecular formula is C55H54N2O14. The normalized spacial score (nSPS) is 29.3. The Labute approximate surface area is 408 Å². The number of fused-ring (bicyclic) bond motifs is 6. The molecule has 368 valence electrons. The molecule has 3 fully saturated rings. The predicted molar refractivity (Wildman–Crippen MR) is 253 cm³/mol. The van der Waals surface area contributed by atoms with Crippen LogP contribution in [0.25, 0.3) is 10.9 Å². The fraction of sp³-hybridized carbons (Fsp3) is 0.364. The average Bonchev–Trinajstić information content (AvgIpc) is 3.36. The van der Waals surface area contributed by atoms with Gasteiger partial charge in [0.25, 0.3) is 5.91 Å². The zero-order valence-electron chi connectivity index (χ0n) is 39.6. The lowest BCUT2D eigenvalue weighted by Crippen LogP contribution is -2.82. The van der Waals surface area contributed by atoms with Crippen LogP contribution in [0, 0.1) is 16.7 Å². The molecule has 16 heteroatoms. The highest BCUT2D eigenvalue weighted by atomic mass is 16.6. The van der Waals surface area contributed by atoms with E-state index in [1.54, 1.807) is 123 Å². The molecule has 3 aliphatic carbocycles. The SMILES string of the molecule is CC(=O)O[C@@]12CO[C@@H]1C[C@H](O)[C@@]1(C)C(=O)[C@H](OC(=O)c3cnc4ccccc4c3)C3=C(C)[C@@H](OC(=O)[C@H](O)[C@@H](NC(=O)c4ccccc4)c4ccccc4)C[C@@](O)(C(OC(=O)c4ccccc4)C12)C3(C)C. The third kappa shape index (κ3) is 8.27. The molecule has 11 atom stereocenters. The number of Topliss-reactive ketones (excluding diaryl/α,β-unsaturated/α-hetero) is 1. The summed E-state index contributed by atoms with van der Waals surface area (Å²) in [6, 6.07) is 31.5. The first-order chi connectivity index (χ1) is 33.8. The minimum Gasteiger partial charge on any atom is -0.456 e. The van der Waals surface area contributed by atoms with Crippen molar-refractivity contribution in [1.82, 2.24) is 10.3 Å². The summed E-state index contributed by atoms with van der Waals surface area (Å²) in [5.41, 5.74) is -6.92. The Kier molecular flexibility index (Phi) is 12.8. The number of para-hydroxylation sites is 1. The summed E-state index contributed by atoms with van der Waals surface area (Å²) in [5, 5.41) is 41.7. The van der Waals surface area contributed by atoms with Crippen LogP contribution >= 0.6 is 0 Å². The Morgan fingerprint density at radius 2 is 1.41 bits per heavy atom. The number of hydrogen-bond acceptors (Lipinski definition) is 15. The lowest BCUT2D eigenvalue weighted by molar-refractivity contribution is -0.345. The summed E-state index contributed by atoms with van der Waals surface area (Å²) in [4.78, 5) is 91.0. The van der Waals surface area contributed by atoms with Gasteiger partial charge in [0, 0.05) is 42.3 Å². The Morgan fingerprint density at radius 3 is 2.04 bits per heavy atom. The molecule has 2 bridgehead atoms. The summed E-state index contributed by atoms with van der Waals surface area (Å²) >= 11 is 0. The van der Waals surface area contributed by atoms with E-state index in [4.69, 9.17) is 23.7 Å². The van der Waals surface area contributed by atoms with Gasteiger partial charge in [0.1, 0.15) is 23.9 Å². The lowest BCUT2D eigenvalue weighted by atomic mass is 9.44. The van der Waals surface area contributed by atoms with Gasteiger partial charge in [-0.15, -0.1) is 0 Å². The van der Waals surface area contributed by atoms with Crippen molar-refractivity contribution in [3.05, 3.63) is 161 Å². The molecule has 4 aromatic carbocycles. The van der Waals surface area contributed by atoms with E-state index >= 15 is 4.79 Å². The minimum atomic E-state index is -2.46. The molecule has 1 amide bonds. The Morgan fingerprint density at radius 1 is 0.803 bits per heavy atom. The smallest absolute Gasteiger partial charge is 0.340 e. The van der Waals surface area contributed by atoms with Crippen molar-refractivity contribution >= 4 is 46.5 Å². The highest BCUT2D eigenvalue weighted by molar-refractivity contribution is 5.99. The molecule has 1 aromatic heterocycles. The number of nitrogens with zero attached hydrogens (tertiary/aromatic N) is 1.